The Morgan fingerprint density at radius 1 is 1.14 bits per heavy atom. The summed E-state index contributed by atoms with van der Waals surface area (Å²) in [5.74, 6) is 1.64. The van der Waals surface area contributed by atoms with Crippen molar-refractivity contribution in [3.8, 4) is 0 Å². The van der Waals surface area contributed by atoms with Crippen LogP contribution in [0.1, 0.15) is 39.0 Å². The Balaban J connectivity index is 2.00. The molecule has 14 heavy (non-hydrogen) atoms. The first kappa shape index (κ1) is 8.52. The van der Waals surface area contributed by atoms with Crippen molar-refractivity contribution >= 4 is 0 Å². The van der Waals surface area contributed by atoms with Crippen LogP contribution in [0.4, 0.5) is 0 Å². The van der Waals surface area contributed by atoms with E-state index in [4.69, 9.17) is 0 Å². The van der Waals surface area contributed by atoms with Gasteiger partial charge in [-0.25, -0.2) is 0 Å². The van der Waals surface area contributed by atoms with Crippen molar-refractivity contribution in [2.75, 3.05) is 0 Å². The zero-order valence-corrected chi connectivity index (χ0v) is 8.92. The molecule has 3 aliphatic carbocycles. The standard InChI is InChI=1S/C14H18/c1-10-6-7-14-12(8-10)9-11-4-2-3-5-13(11)14/h4-5,8,10,14H,2-3,6-7,9H2,1H3. The van der Waals surface area contributed by atoms with Gasteiger partial charge in [0.25, 0.3) is 0 Å². The van der Waals surface area contributed by atoms with Crippen molar-refractivity contribution in [2.24, 2.45) is 11.8 Å². The summed E-state index contributed by atoms with van der Waals surface area (Å²) < 4.78 is 0. The number of fused-ring (bicyclic) bond motifs is 3. The second-order valence-electron chi connectivity index (χ2n) is 4.99. The maximum atomic E-state index is 2.54. The molecule has 0 bridgehead atoms. The lowest BCUT2D eigenvalue weighted by Gasteiger charge is -2.22. The van der Waals surface area contributed by atoms with Gasteiger partial charge >= 0.3 is 0 Å². The summed E-state index contributed by atoms with van der Waals surface area (Å²) in [4.78, 5) is 0. The minimum atomic E-state index is 0.817. The van der Waals surface area contributed by atoms with Gasteiger partial charge in [0, 0.05) is 5.92 Å². The summed E-state index contributed by atoms with van der Waals surface area (Å²) in [7, 11) is 0. The van der Waals surface area contributed by atoms with E-state index in [1.165, 1.54) is 32.1 Å². The zero-order valence-electron chi connectivity index (χ0n) is 8.92. The predicted octanol–water partition coefficient (Wildman–Crippen LogP) is 4.01. The van der Waals surface area contributed by atoms with Gasteiger partial charge in [0.15, 0.2) is 0 Å². The van der Waals surface area contributed by atoms with Crippen LogP contribution in [0.3, 0.4) is 0 Å². The summed E-state index contributed by atoms with van der Waals surface area (Å²) in [6.07, 6.45) is 14.1. The molecule has 2 atom stereocenters. The van der Waals surface area contributed by atoms with Crippen LogP contribution in [0.2, 0.25) is 0 Å². The molecule has 0 aromatic heterocycles. The van der Waals surface area contributed by atoms with E-state index in [0.717, 1.165) is 11.8 Å². The number of hydrogen-bond donors (Lipinski definition) is 0. The lowest BCUT2D eigenvalue weighted by atomic mass is 9.82. The first-order valence-corrected chi connectivity index (χ1v) is 5.94. The molecule has 0 heterocycles. The summed E-state index contributed by atoms with van der Waals surface area (Å²) in [5, 5.41) is 0. The van der Waals surface area contributed by atoms with E-state index in [0.29, 0.717) is 0 Å². The highest BCUT2D eigenvalue weighted by atomic mass is 14.4. The van der Waals surface area contributed by atoms with Crippen molar-refractivity contribution in [1.29, 1.82) is 0 Å². The molecule has 1 fully saturated rings. The average Bonchev–Trinajstić information content (AvgIpc) is 2.54. The highest BCUT2D eigenvalue weighted by molar-refractivity contribution is 5.49. The van der Waals surface area contributed by atoms with Gasteiger partial charge in [0.2, 0.25) is 0 Å². The molecular weight excluding hydrogens is 168 g/mol. The third-order valence-corrected chi connectivity index (χ3v) is 3.92. The third kappa shape index (κ3) is 1.20. The molecule has 0 N–H and O–H groups in total. The highest BCUT2D eigenvalue weighted by Gasteiger charge is 2.32. The zero-order chi connectivity index (χ0) is 9.54. The van der Waals surface area contributed by atoms with Crippen LogP contribution in [-0.4, -0.2) is 0 Å². The van der Waals surface area contributed by atoms with E-state index in [1.807, 2.05) is 0 Å². The van der Waals surface area contributed by atoms with Crippen LogP contribution in [0.25, 0.3) is 0 Å². The van der Waals surface area contributed by atoms with Crippen molar-refractivity contribution in [3.63, 3.8) is 0 Å². The van der Waals surface area contributed by atoms with Gasteiger partial charge in [-0.05, 0) is 49.2 Å². The van der Waals surface area contributed by atoms with E-state index >= 15 is 0 Å². The van der Waals surface area contributed by atoms with Gasteiger partial charge in [-0.1, -0.05) is 30.7 Å². The fraction of sp³-hybridized carbons (Fsp3) is 0.571. The lowest BCUT2D eigenvalue weighted by molar-refractivity contribution is 0.506. The monoisotopic (exact) mass is 186 g/mol. The van der Waals surface area contributed by atoms with Gasteiger partial charge in [-0.3, -0.25) is 0 Å². The molecule has 0 saturated heterocycles. The molecule has 0 amide bonds. The van der Waals surface area contributed by atoms with Crippen molar-refractivity contribution in [1.82, 2.24) is 0 Å². The first-order chi connectivity index (χ1) is 6.84. The minimum absolute atomic E-state index is 0.817. The molecule has 0 aliphatic heterocycles. The molecule has 0 aromatic rings. The number of hydrogen-bond acceptors (Lipinski definition) is 0. The molecule has 0 aromatic carbocycles. The Morgan fingerprint density at radius 2 is 2.00 bits per heavy atom. The minimum Gasteiger partial charge on any atom is -0.0815 e. The van der Waals surface area contributed by atoms with Crippen molar-refractivity contribution in [2.45, 2.75) is 39.0 Å². The van der Waals surface area contributed by atoms with Crippen LogP contribution in [0.5, 0.6) is 0 Å². The van der Waals surface area contributed by atoms with E-state index in [-0.39, 0.29) is 0 Å². The van der Waals surface area contributed by atoms with Gasteiger partial charge in [0.1, 0.15) is 0 Å². The average molecular weight is 186 g/mol. The van der Waals surface area contributed by atoms with Crippen LogP contribution < -0.4 is 0 Å². The Hall–Kier alpha value is -0.780. The Morgan fingerprint density at radius 3 is 2.93 bits per heavy atom. The van der Waals surface area contributed by atoms with Gasteiger partial charge in [0.05, 0.1) is 0 Å². The summed E-state index contributed by atoms with van der Waals surface area (Å²) in [6.45, 7) is 2.36. The molecule has 0 heteroatoms. The van der Waals surface area contributed by atoms with Crippen LogP contribution in [-0.2, 0) is 0 Å². The lowest BCUT2D eigenvalue weighted by Crippen LogP contribution is -2.09. The molecule has 3 rings (SSSR count). The number of rotatable bonds is 0. The van der Waals surface area contributed by atoms with Gasteiger partial charge in [-0.15, -0.1) is 0 Å². The molecule has 3 aliphatic rings. The van der Waals surface area contributed by atoms with E-state index in [9.17, 15) is 0 Å². The van der Waals surface area contributed by atoms with Crippen LogP contribution >= 0.6 is 0 Å². The largest absolute Gasteiger partial charge is 0.0815 e. The van der Waals surface area contributed by atoms with E-state index in [2.05, 4.69) is 25.2 Å². The smallest absolute Gasteiger partial charge is 0.00513 e. The fourth-order valence-electron chi connectivity index (χ4n) is 3.22. The highest BCUT2D eigenvalue weighted by Crippen LogP contribution is 2.48. The second kappa shape index (κ2) is 3.12. The van der Waals surface area contributed by atoms with Gasteiger partial charge < -0.3 is 0 Å². The summed E-state index contributed by atoms with van der Waals surface area (Å²) >= 11 is 0. The van der Waals surface area contributed by atoms with Crippen molar-refractivity contribution in [3.05, 3.63) is 34.9 Å². The Bertz CT molecular complexity index is 341. The van der Waals surface area contributed by atoms with Crippen LogP contribution in [0.15, 0.2) is 34.9 Å². The van der Waals surface area contributed by atoms with E-state index < -0.39 is 0 Å². The quantitative estimate of drug-likeness (QED) is 0.501. The Labute approximate surface area is 86.4 Å². The van der Waals surface area contributed by atoms with Crippen molar-refractivity contribution < 1.29 is 0 Å². The molecule has 0 nitrogen and oxygen atoms in total. The SMILES string of the molecule is CC1C=C2CC3=CCCC=C3C2CC1. The molecule has 1 saturated carbocycles. The molecule has 74 valence electrons. The van der Waals surface area contributed by atoms with Crippen LogP contribution in [0, 0.1) is 11.8 Å². The fourth-order valence-corrected chi connectivity index (χ4v) is 3.22. The Kier molecular flexibility index (Phi) is 1.90. The third-order valence-electron chi connectivity index (χ3n) is 3.92. The second-order valence-corrected chi connectivity index (χ2v) is 4.99. The first-order valence-electron chi connectivity index (χ1n) is 5.94. The maximum Gasteiger partial charge on any atom is 0.00513 e. The summed E-state index contributed by atoms with van der Waals surface area (Å²) in [5.41, 5.74) is 5.07. The topological polar surface area (TPSA) is 0 Å². The van der Waals surface area contributed by atoms with Gasteiger partial charge in [-0.2, -0.15) is 0 Å². The molecule has 0 radical (unpaired) electrons. The predicted molar refractivity (Wildman–Crippen MR) is 60.0 cm³/mol. The number of allylic oxidation sites excluding steroid dienone is 6. The molecule has 2 unspecified atom stereocenters. The molecular formula is C14H18. The normalized spacial score (nSPS) is 35.4. The molecule has 0 spiro atoms. The maximum absolute atomic E-state index is 2.54. The summed E-state index contributed by atoms with van der Waals surface area (Å²) in [6, 6.07) is 0. The van der Waals surface area contributed by atoms with E-state index in [1.54, 1.807) is 16.7 Å².